The molecule has 1 aliphatic rings. The number of fused-ring (bicyclic) bond motifs is 4. The number of rotatable bonds is 2. The molecule has 5 heteroatoms. The molecule has 1 aromatic heterocycles. The first-order valence-electron chi connectivity index (χ1n) is 8.40. The van der Waals surface area contributed by atoms with Crippen molar-refractivity contribution in [3.05, 3.63) is 66.2 Å². The van der Waals surface area contributed by atoms with E-state index in [0.29, 0.717) is 36.0 Å². The van der Waals surface area contributed by atoms with Gasteiger partial charge in [-0.15, -0.1) is 0 Å². The van der Waals surface area contributed by atoms with Gasteiger partial charge in [0.1, 0.15) is 24.4 Å². The lowest BCUT2D eigenvalue weighted by Crippen LogP contribution is -2.17. The molecule has 0 spiro atoms. The van der Waals surface area contributed by atoms with Gasteiger partial charge in [-0.05, 0) is 42.5 Å². The largest absolute Gasteiger partial charge is 0.486 e. The summed E-state index contributed by atoms with van der Waals surface area (Å²) in [7, 11) is 0. The van der Waals surface area contributed by atoms with E-state index in [2.05, 4.69) is 5.32 Å². The number of carbonyl (C=O) groups is 1. The maximum absolute atomic E-state index is 12.6. The third kappa shape index (κ3) is 2.45. The number of ether oxygens (including phenoxy) is 2. The number of amides is 1. The quantitative estimate of drug-likeness (QED) is 0.576. The zero-order valence-electron chi connectivity index (χ0n) is 13.8. The number of anilines is 1. The normalized spacial score (nSPS) is 13.1. The molecular formula is C21H15NO4. The number of carbonyl (C=O) groups excluding carboxylic acids is 1. The molecule has 0 saturated carbocycles. The maximum atomic E-state index is 12.6. The van der Waals surface area contributed by atoms with Crippen molar-refractivity contribution >= 4 is 33.5 Å². The number of benzene rings is 3. The number of furan rings is 1. The Morgan fingerprint density at radius 3 is 2.54 bits per heavy atom. The Bertz CT molecular complexity index is 1150. The van der Waals surface area contributed by atoms with Gasteiger partial charge < -0.3 is 19.2 Å². The molecule has 26 heavy (non-hydrogen) atoms. The Balaban J connectivity index is 1.47. The lowest BCUT2D eigenvalue weighted by Gasteiger charge is -2.18. The van der Waals surface area contributed by atoms with Crippen molar-refractivity contribution in [2.45, 2.75) is 0 Å². The molecule has 0 aliphatic carbocycles. The van der Waals surface area contributed by atoms with E-state index in [9.17, 15) is 4.79 Å². The molecule has 0 atom stereocenters. The second-order valence-electron chi connectivity index (χ2n) is 6.12. The van der Waals surface area contributed by atoms with Crippen LogP contribution in [-0.4, -0.2) is 19.1 Å². The Hall–Kier alpha value is -3.47. The average molecular weight is 345 g/mol. The van der Waals surface area contributed by atoms with Gasteiger partial charge in [0.05, 0.1) is 0 Å². The smallest absolute Gasteiger partial charge is 0.255 e. The van der Waals surface area contributed by atoms with Crippen molar-refractivity contribution in [3.8, 4) is 11.5 Å². The molecule has 0 fully saturated rings. The van der Waals surface area contributed by atoms with Crippen LogP contribution in [0.2, 0.25) is 0 Å². The first kappa shape index (κ1) is 14.8. The van der Waals surface area contributed by atoms with E-state index in [1.807, 2.05) is 42.5 Å². The van der Waals surface area contributed by atoms with Gasteiger partial charge in [-0.2, -0.15) is 0 Å². The van der Waals surface area contributed by atoms with E-state index in [4.69, 9.17) is 13.9 Å². The highest BCUT2D eigenvalue weighted by Gasteiger charge is 2.15. The summed E-state index contributed by atoms with van der Waals surface area (Å²) in [5.41, 5.74) is 2.86. The summed E-state index contributed by atoms with van der Waals surface area (Å²) in [5.74, 6) is 1.06. The zero-order chi connectivity index (χ0) is 17.5. The van der Waals surface area contributed by atoms with Gasteiger partial charge in [-0.1, -0.05) is 18.2 Å². The van der Waals surface area contributed by atoms with E-state index < -0.39 is 0 Å². The molecular weight excluding hydrogens is 330 g/mol. The summed E-state index contributed by atoms with van der Waals surface area (Å²) in [6.45, 7) is 1.01. The Kier molecular flexibility index (Phi) is 3.31. The summed E-state index contributed by atoms with van der Waals surface area (Å²) in [5, 5.41) is 4.93. The predicted octanol–water partition coefficient (Wildman–Crippen LogP) is 4.61. The summed E-state index contributed by atoms with van der Waals surface area (Å²) in [6, 6.07) is 18.7. The van der Waals surface area contributed by atoms with Gasteiger partial charge in [0.15, 0.2) is 11.5 Å². The SMILES string of the molecule is O=C(Nc1ccc2oc3ccccc3c2c1)c1ccc2c(c1)OCCO2. The molecule has 128 valence electrons. The van der Waals surface area contributed by atoms with E-state index in [-0.39, 0.29) is 5.91 Å². The molecule has 1 aliphatic heterocycles. The van der Waals surface area contributed by atoms with E-state index in [0.717, 1.165) is 21.9 Å². The Morgan fingerprint density at radius 1 is 0.808 bits per heavy atom. The Labute approximate surface area is 149 Å². The van der Waals surface area contributed by atoms with Crippen molar-refractivity contribution < 1.29 is 18.7 Å². The minimum Gasteiger partial charge on any atom is -0.486 e. The summed E-state index contributed by atoms with van der Waals surface area (Å²) >= 11 is 0. The molecule has 5 rings (SSSR count). The first-order chi connectivity index (χ1) is 12.8. The second-order valence-corrected chi connectivity index (χ2v) is 6.12. The maximum Gasteiger partial charge on any atom is 0.255 e. The summed E-state index contributed by atoms with van der Waals surface area (Å²) < 4.78 is 16.8. The number of para-hydroxylation sites is 1. The van der Waals surface area contributed by atoms with Gasteiger partial charge >= 0.3 is 0 Å². The van der Waals surface area contributed by atoms with Gasteiger partial charge in [0, 0.05) is 22.0 Å². The molecule has 1 amide bonds. The van der Waals surface area contributed by atoms with Crippen LogP contribution < -0.4 is 14.8 Å². The fourth-order valence-corrected chi connectivity index (χ4v) is 3.19. The molecule has 2 heterocycles. The van der Waals surface area contributed by atoms with Crippen LogP contribution in [0, 0.1) is 0 Å². The van der Waals surface area contributed by atoms with Crippen LogP contribution >= 0.6 is 0 Å². The number of hydrogen-bond acceptors (Lipinski definition) is 4. The van der Waals surface area contributed by atoms with Crippen molar-refractivity contribution in [2.24, 2.45) is 0 Å². The zero-order valence-corrected chi connectivity index (χ0v) is 13.8. The predicted molar refractivity (Wildman–Crippen MR) is 99.1 cm³/mol. The lowest BCUT2D eigenvalue weighted by atomic mass is 10.1. The number of hydrogen-bond donors (Lipinski definition) is 1. The minimum absolute atomic E-state index is 0.200. The van der Waals surface area contributed by atoms with Crippen LogP contribution in [-0.2, 0) is 0 Å². The van der Waals surface area contributed by atoms with Crippen LogP contribution in [0.25, 0.3) is 21.9 Å². The van der Waals surface area contributed by atoms with Gasteiger partial charge in [-0.3, -0.25) is 4.79 Å². The second kappa shape index (κ2) is 5.81. The van der Waals surface area contributed by atoms with E-state index in [1.54, 1.807) is 18.2 Å². The molecule has 4 aromatic rings. The third-order valence-corrected chi connectivity index (χ3v) is 4.44. The van der Waals surface area contributed by atoms with Crippen molar-refractivity contribution in [3.63, 3.8) is 0 Å². The van der Waals surface area contributed by atoms with Crippen molar-refractivity contribution in [1.82, 2.24) is 0 Å². The van der Waals surface area contributed by atoms with Crippen LogP contribution in [0.1, 0.15) is 10.4 Å². The molecule has 0 radical (unpaired) electrons. The van der Waals surface area contributed by atoms with Crippen LogP contribution in [0.15, 0.2) is 65.1 Å². The molecule has 5 nitrogen and oxygen atoms in total. The average Bonchev–Trinajstić information content (AvgIpc) is 3.05. The summed E-state index contributed by atoms with van der Waals surface area (Å²) in [6.07, 6.45) is 0. The van der Waals surface area contributed by atoms with E-state index >= 15 is 0 Å². The number of nitrogens with one attached hydrogen (secondary N) is 1. The van der Waals surface area contributed by atoms with Crippen molar-refractivity contribution in [1.29, 1.82) is 0 Å². The van der Waals surface area contributed by atoms with E-state index in [1.165, 1.54) is 0 Å². The molecule has 3 aromatic carbocycles. The van der Waals surface area contributed by atoms with Gasteiger partial charge in [-0.25, -0.2) is 0 Å². The molecule has 1 N–H and O–H groups in total. The fraction of sp³-hybridized carbons (Fsp3) is 0.0952. The monoisotopic (exact) mass is 345 g/mol. The highest BCUT2D eigenvalue weighted by Crippen LogP contribution is 2.32. The van der Waals surface area contributed by atoms with Gasteiger partial charge in [0.25, 0.3) is 5.91 Å². The minimum atomic E-state index is -0.200. The molecule has 0 saturated heterocycles. The first-order valence-corrected chi connectivity index (χ1v) is 8.40. The highest BCUT2D eigenvalue weighted by atomic mass is 16.6. The van der Waals surface area contributed by atoms with Crippen LogP contribution in [0.3, 0.4) is 0 Å². The van der Waals surface area contributed by atoms with Crippen molar-refractivity contribution in [2.75, 3.05) is 18.5 Å². The van der Waals surface area contributed by atoms with Crippen LogP contribution in [0.4, 0.5) is 5.69 Å². The molecule has 0 bridgehead atoms. The molecule has 0 unspecified atom stereocenters. The highest BCUT2D eigenvalue weighted by molar-refractivity contribution is 6.09. The van der Waals surface area contributed by atoms with Gasteiger partial charge in [0.2, 0.25) is 0 Å². The van der Waals surface area contributed by atoms with Crippen LogP contribution in [0.5, 0.6) is 11.5 Å². The fourth-order valence-electron chi connectivity index (χ4n) is 3.19. The lowest BCUT2D eigenvalue weighted by molar-refractivity contribution is 0.102. The summed E-state index contributed by atoms with van der Waals surface area (Å²) in [4.78, 5) is 12.6. The third-order valence-electron chi connectivity index (χ3n) is 4.44. The standard InChI is InChI=1S/C21H15NO4/c23-21(13-5-7-19-20(11-13)25-10-9-24-19)22-14-6-8-18-16(12-14)15-3-1-2-4-17(15)26-18/h1-8,11-12H,9-10H2,(H,22,23). The topological polar surface area (TPSA) is 60.7 Å². The Morgan fingerprint density at radius 2 is 1.62 bits per heavy atom.